The van der Waals surface area contributed by atoms with Gasteiger partial charge < -0.3 is 28.1 Å². The van der Waals surface area contributed by atoms with E-state index in [0.717, 1.165) is 20.8 Å². The van der Waals surface area contributed by atoms with Crippen molar-refractivity contribution in [1.82, 2.24) is 0 Å². The second-order valence-electron chi connectivity index (χ2n) is 7.26. The van der Waals surface area contributed by atoms with Crippen LogP contribution < -0.4 is 0 Å². The molecule has 0 amide bonds. The molecule has 1 saturated heterocycles. The van der Waals surface area contributed by atoms with Crippen LogP contribution in [0.4, 0.5) is 0 Å². The summed E-state index contributed by atoms with van der Waals surface area (Å²) in [4.78, 5) is 59.2. The van der Waals surface area contributed by atoms with Gasteiger partial charge in [0, 0.05) is 34.1 Å². The number of allylic oxidation sites excluding steroid dienone is 1. The van der Waals surface area contributed by atoms with E-state index in [1.165, 1.54) is 25.3 Å². The molecular weight excluding hydrogens is 440 g/mol. The molecule has 1 aromatic heterocycles. The molecule has 2 rings (SSSR count). The minimum absolute atomic E-state index is 0.281. The average molecular weight is 466 g/mol. The molecule has 0 unspecified atom stereocenters. The third kappa shape index (κ3) is 8.19. The van der Waals surface area contributed by atoms with E-state index < -0.39 is 60.2 Å². The van der Waals surface area contributed by atoms with Gasteiger partial charge in [0.1, 0.15) is 24.6 Å². The Morgan fingerprint density at radius 1 is 0.848 bits per heavy atom. The zero-order valence-electron chi connectivity index (χ0n) is 18.7. The molecule has 33 heavy (non-hydrogen) atoms. The van der Waals surface area contributed by atoms with Crippen LogP contribution in [0.3, 0.4) is 0 Å². The number of hydrogen-bond acceptors (Lipinski definition) is 11. The van der Waals surface area contributed by atoms with Crippen molar-refractivity contribution in [2.24, 2.45) is 0 Å². The summed E-state index contributed by atoms with van der Waals surface area (Å²) in [6.07, 6.45) is -2.16. The summed E-state index contributed by atoms with van der Waals surface area (Å²) in [5.41, 5.74) is 0. The molecule has 1 aliphatic heterocycles. The van der Waals surface area contributed by atoms with E-state index in [4.69, 9.17) is 28.1 Å². The third-order valence-electron chi connectivity index (χ3n) is 4.47. The van der Waals surface area contributed by atoms with E-state index in [-0.39, 0.29) is 13.0 Å². The fraction of sp³-hybridized carbons (Fsp3) is 0.500. The monoisotopic (exact) mass is 466 g/mol. The topological polar surface area (TPSA) is 145 Å². The lowest BCUT2D eigenvalue weighted by Crippen LogP contribution is -2.62. The number of ketones is 1. The van der Waals surface area contributed by atoms with E-state index in [1.807, 2.05) is 0 Å². The number of esters is 4. The number of carbonyl (C=O) groups is 5. The van der Waals surface area contributed by atoms with Crippen LogP contribution in [0.25, 0.3) is 6.08 Å². The number of hydrogen-bond donors (Lipinski definition) is 0. The average Bonchev–Trinajstić information content (AvgIpc) is 3.22. The smallest absolute Gasteiger partial charge is 0.303 e. The lowest BCUT2D eigenvalue weighted by Gasteiger charge is -2.44. The summed E-state index contributed by atoms with van der Waals surface area (Å²) in [6, 6.07) is 3.31. The van der Waals surface area contributed by atoms with Crippen molar-refractivity contribution in [3.05, 3.63) is 30.2 Å². The van der Waals surface area contributed by atoms with Crippen LogP contribution in [0.2, 0.25) is 0 Å². The standard InChI is InChI=1S/C22H26O11/c1-12(23)29-11-19-21(31-14(3)25)22(32-15(4)26)20(30-13(2)24)18(33-19)10-16(27)7-8-17-6-5-9-28-17/h5-9,18-22H,10-11H2,1-4H3/b8-7+/t18-,19+,20-,21+,22+/m0/s1. The van der Waals surface area contributed by atoms with E-state index in [0.29, 0.717) is 5.76 Å². The summed E-state index contributed by atoms with van der Waals surface area (Å²) in [5, 5.41) is 0. The Morgan fingerprint density at radius 3 is 1.94 bits per heavy atom. The number of ether oxygens (including phenoxy) is 5. The highest BCUT2D eigenvalue weighted by molar-refractivity contribution is 5.93. The third-order valence-corrected chi connectivity index (χ3v) is 4.47. The summed E-state index contributed by atoms with van der Waals surface area (Å²) < 4.78 is 31.9. The molecule has 0 spiro atoms. The molecule has 5 atom stereocenters. The van der Waals surface area contributed by atoms with Crippen LogP contribution in [0, 0.1) is 0 Å². The molecule has 0 aliphatic carbocycles. The maximum absolute atomic E-state index is 12.6. The second kappa shape index (κ2) is 12.0. The van der Waals surface area contributed by atoms with E-state index in [1.54, 1.807) is 12.1 Å². The second-order valence-corrected chi connectivity index (χ2v) is 7.26. The van der Waals surface area contributed by atoms with Gasteiger partial charge in [0.15, 0.2) is 24.1 Å². The van der Waals surface area contributed by atoms with Gasteiger partial charge in [-0.2, -0.15) is 0 Å². The molecule has 11 nitrogen and oxygen atoms in total. The molecule has 0 N–H and O–H groups in total. The normalized spacial score (nSPS) is 24.7. The molecule has 1 aliphatic rings. The summed E-state index contributed by atoms with van der Waals surface area (Å²) in [7, 11) is 0. The number of rotatable bonds is 9. The Balaban J connectivity index is 2.35. The predicted molar refractivity (Wildman–Crippen MR) is 109 cm³/mol. The van der Waals surface area contributed by atoms with Crippen molar-refractivity contribution in [2.45, 2.75) is 64.6 Å². The summed E-state index contributed by atoms with van der Waals surface area (Å²) in [6.45, 7) is 4.20. The lowest BCUT2D eigenvalue weighted by atomic mass is 9.91. The predicted octanol–water partition coefficient (Wildman–Crippen LogP) is 1.38. The van der Waals surface area contributed by atoms with Gasteiger partial charge >= 0.3 is 23.9 Å². The highest BCUT2D eigenvalue weighted by Crippen LogP contribution is 2.31. The Kier molecular flexibility index (Phi) is 9.34. The van der Waals surface area contributed by atoms with Crippen LogP contribution in [0.5, 0.6) is 0 Å². The van der Waals surface area contributed by atoms with Gasteiger partial charge in [-0.05, 0) is 24.3 Å². The summed E-state index contributed by atoms with van der Waals surface area (Å²) in [5.74, 6) is -2.79. The fourth-order valence-electron chi connectivity index (χ4n) is 3.31. The molecule has 0 bridgehead atoms. The van der Waals surface area contributed by atoms with Gasteiger partial charge in [0.05, 0.1) is 6.26 Å². The maximum atomic E-state index is 12.6. The highest BCUT2D eigenvalue weighted by Gasteiger charge is 2.52. The van der Waals surface area contributed by atoms with Gasteiger partial charge in [-0.3, -0.25) is 24.0 Å². The van der Waals surface area contributed by atoms with Crippen molar-refractivity contribution in [3.63, 3.8) is 0 Å². The first-order valence-corrected chi connectivity index (χ1v) is 10.1. The Bertz CT molecular complexity index is 886. The molecule has 180 valence electrons. The molecule has 0 radical (unpaired) electrons. The van der Waals surface area contributed by atoms with Crippen molar-refractivity contribution in [3.8, 4) is 0 Å². The van der Waals surface area contributed by atoms with Crippen molar-refractivity contribution in [2.75, 3.05) is 6.61 Å². The van der Waals surface area contributed by atoms with E-state index >= 15 is 0 Å². The maximum Gasteiger partial charge on any atom is 0.303 e. The number of furan rings is 1. The number of carbonyl (C=O) groups excluding carboxylic acids is 5. The zero-order valence-corrected chi connectivity index (χ0v) is 18.7. The molecular formula is C22H26O11. The van der Waals surface area contributed by atoms with Gasteiger partial charge in [0.25, 0.3) is 0 Å². The molecule has 11 heteroatoms. The quantitative estimate of drug-likeness (QED) is 0.295. The SMILES string of the molecule is CC(=O)OC[C@H]1O[C@@H](CC(=O)/C=C/c2ccco2)[C@H](OC(C)=O)[C@@H](OC(C)=O)[C@@H]1OC(C)=O. The van der Waals surface area contributed by atoms with Crippen LogP contribution in [-0.4, -0.2) is 66.8 Å². The lowest BCUT2D eigenvalue weighted by molar-refractivity contribution is -0.252. The highest BCUT2D eigenvalue weighted by atomic mass is 16.7. The summed E-state index contributed by atoms with van der Waals surface area (Å²) >= 11 is 0. The zero-order chi connectivity index (χ0) is 24.5. The molecule has 0 aromatic carbocycles. The Hall–Kier alpha value is -3.47. The van der Waals surface area contributed by atoms with E-state index in [9.17, 15) is 24.0 Å². The Morgan fingerprint density at radius 2 is 1.42 bits per heavy atom. The van der Waals surface area contributed by atoms with Crippen molar-refractivity contribution < 1.29 is 52.1 Å². The van der Waals surface area contributed by atoms with Crippen LogP contribution in [0.1, 0.15) is 39.9 Å². The Labute approximate surface area is 189 Å². The van der Waals surface area contributed by atoms with Gasteiger partial charge in [-0.25, -0.2) is 0 Å². The van der Waals surface area contributed by atoms with Crippen LogP contribution >= 0.6 is 0 Å². The van der Waals surface area contributed by atoms with Crippen molar-refractivity contribution in [1.29, 1.82) is 0 Å². The first kappa shape index (κ1) is 25.8. The molecule has 0 saturated carbocycles. The largest absolute Gasteiger partial charge is 0.465 e. The molecule has 2 heterocycles. The van der Waals surface area contributed by atoms with E-state index in [2.05, 4.69) is 0 Å². The van der Waals surface area contributed by atoms with Crippen LogP contribution in [0.15, 0.2) is 28.9 Å². The first-order valence-electron chi connectivity index (χ1n) is 10.1. The minimum Gasteiger partial charge on any atom is -0.465 e. The molecule has 1 fully saturated rings. The van der Waals surface area contributed by atoms with Crippen molar-refractivity contribution >= 4 is 35.7 Å². The van der Waals surface area contributed by atoms with Gasteiger partial charge in [0.2, 0.25) is 0 Å². The van der Waals surface area contributed by atoms with Crippen LogP contribution in [-0.2, 0) is 47.7 Å². The van der Waals surface area contributed by atoms with Gasteiger partial charge in [-0.15, -0.1) is 0 Å². The molecule has 1 aromatic rings. The first-order chi connectivity index (χ1) is 15.6. The minimum atomic E-state index is -1.31. The fourth-order valence-corrected chi connectivity index (χ4v) is 3.31. The van der Waals surface area contributed by atoms with Gasteiger partial charge in [-0.1, -0.05) is 0 Å².